The maximum atomic E-state index is 13.0. The molecule has 7 atom stereocenters. The zero-order valence-corrected chi connectivity index (χ0v) is 25.4. The quantitative estimate of drug-likeness (QED) is 0.204. The van der Waals surface area contributed by atoms with Crippen LogP contribution in [0.25, 0.3) is 0 Å². The summed E-state index contributed by atoms with van der Waals surface area (Å²) in [7, 11) is 0. The number of hydrogen-bond donors (Lipinski definition) is 4. The second kappa shape index (κ2) is 16.4. The van der Waals surface area contributed by atoms with Crippen LogP contribution in [-0.4, -0.2) is 89.1 Å². The molecule has 2 saturated carbocycles. The lowest BCUT2D eigenvalue weighted by atomic mass is 9.79. The molecule has 13 heteroatoms. The summed E-state index contributed by atoms with van der Waals surface area (Å²) in [6, 6.07) is -0.742. The minimum absolute atomic E-state index is 0.00310. The Bertz CT molecular complexity index is 952. The lowest BCUT2D eigenvalue weighted by Crippen LogP contribution is -2.53. The van der Waals surface area contributed by atoms with Crippen molar-refractivity contribution in [1.29, 1.82) is 0 Å². The Morgan fingerprint density at radius 1 is 1.07 bits per heavy atom. The number of aliphatic hydroxyl groups is 1. The summed E-state index contributed by atoms with van der Waals surface area (Å²) in [4.78, 5) is 52.1. The predicted molar refractivity (Wildman–Crippen MR) is 154 cm³/mol. The van der Waals surface area contributed by atoms with Crippen LogP contribution >= 0.6 is 23.2 Å². The van der Waals surface area contributed by atoms with Gasteiger partial charge < -0.3 is 30.5 Å². The lowest BCUT2D eigenvalue weighted by Gasteiger charge is -2.39. The van der Waals surface area contributed by atoms with Crippen molar-refractivity contribution in [3.63, 3.8) is 0 Å². The van der Waals surface area contributed by atoms with Crippen LogP contribution in [0, 0.1) is 11.8 Å². The fourth-order valence-electron chi connectivity index (χ4n) is 5.88. The molecule has 0 spiro atoms. The Labute approximate surface area is 252 Å². The average Bonchev–Trinajstić information content (AvgIpc) is 2.94. The van der Waals surface area contributed by atoms with Crippen LogP contribution in [0.15, 0.2) is 11.9 Å². The summed E-state index contributed by atoms with van der Waals surface area (Å²) >= 11 is 12.6. The van der Waals surface area contributed by atoms with E-state index in [9.17, 15) is 24.3 Å². The van der Waals surface area contributed by atoms with E-state index in [0.29, 0.717) is 38.8 Å². The van der Waals surface area contributed by atoms with E-state index in [0.717, 1.165) is 31.5 Å². The Balaban J connectivity index is 1.54. The van der Waals surface area contributed by atoms with E-state index in [1.165, 1.54) is 0 Å². The summed E-state index contributed by atoms with van der Waals surface area (Å²) in [5, 5.41) is 18.7. The van der Waals surface area contributed by atoms with Crippen LogP contribution in [0.3, 0.4) is 0 Å². The number of allylic oxidation sites excluding steroid dienone is 1. The van der Waals surface area contributed by atoms with Crippen molar-refractivity contribution in [2.45, 2.75) is 101 Å². The molecule has 2 fully saturated rings. The minimum Gasteiger partial charge on any atom is -0.466 e. The van der Waals surface area contributed by atoms with E-state index in [1.54, 1.807) is 18.7 Å². The summed E-state index contributed by atoms with van der Waals surface area (Å²) < 4.78 is 10.2. The van der Waals surface area contributed by atoms with Crippen molar-refractivity contribution in [2.75, 3.05) is 26.3 Å². The van der Waals surface area contributed by atoms with Crippen LogP contribution in [0.1, 0.15) is 71.6 Å². The van der Waals surface area contributed by atoms with Crippen LogP contribution in [0.5, 0.6) is 0 Å². The topological polar surface area (TPSA) is 146 Å². The summed E-state index contributed by atoms with van der Waals surface area (Å²) in [5.41, 5.74) is 0. The smallest absolute Gasteiger partial charge is 0.415 e. The van der Waals surface area contributed by atoms with Crippen molar-refractivity contribution in [2.24, 2.45) is 11.8 Å². The van der Waals surface area contributed by atoms with Crippen molar-refractivity contribution >= 4 is 47.1 Å². The molecule has 0 aromatic rings. The SMILES string of the molecule is CCOC(=O)CC(NC(=O)CNC(=O)C1CCCC(NC2=CCCCN2C(=O)OCC)C1)C1CC(Cl)CC(Cl)C1O. The highest BCUT2D eigenvalue weighted by Gasteiger charge is 2.41. The van der Waals surface area contributed by atoms with Crippen molar-refractivity contribution < 1.29 is 33.8 Å². The summed E-state index contributed by atoms with van der Waals surface area (Å²) in [6.45, 7) is 4.25. The van der Waals surface area contributed by atoms with Gasteiger partial charge in [-0.05, 0) is 64.9 Å². The van der Waals surface area contributed by atoms with E-state index in [1.807, 2.05) is 6.08 Å². The third-order valence-corrected chi connectivity index (χ3v) is 8.69. The molecule has 4 N–H and O–H groups in total. The third-order valence-electron chi connectivity index (χ3n) is 7.90. The molecule has 3 amide bonds. The van der Waals surface area contributed by atoms with Crippen molar-refractivity contribution in [3.8, 4) is 0 Å². The number of rotatable bonds is 11. The standard InChI is InChI=1S/C28H44Cl2N4O7/c1-3-40-25(36)15-22(20-13-18(29)14-21(30)26(20)37)33-24(35)16-31-27(38)17-8-7-9-19(12-17)32-23-10-5-6-11-34(23)28(39)41-4-2/h10,17-22,26,32,37H,3-9,11-16H2,1-2H3,(H,31,38)(H,33,35). The van der Waals surface area contributed by atoms with Gasteiger partial charge in [0.1, 0.15) is 5.82 Å². The summed E-state index contributed by atoms with van der Waals surface area (Å²) in [6.07, 6.45) is 5.98. The van der Waals surface area contributed by atoms with Gasteiger partial charge in [-0.15, -0.1) is 23.2 Å². The highest BCUT2D eigenvalue weighted by Crippen LogP contribution is 2.35. The second-order valence-electron chi connectivity index (χ2n) is 10.9. The monoisotopic (exact) mass is 618 g/mol. The number of ether oxygens (including phenoxy) is 2. The van der Waals surface area contributed by atoms with Crippen LogP contribution < -0.4 is 16.0 Å². The molecule has 41 heavy (non-hydrogen) atoms. The molecular formula is C28H44Cl2N4O7. The molecule has 7 unspecified atom stereocenters. The predicted octanol–water partition coefficient (Wildman–Crippen LogP) is 2.77. The Morgan fingerprint density at radius 2 is 1.83 bits per heavy atom. The molecule has 232 valence electrons. The van der Waals surface area contributed by atoms with Crippen LogP contribution in [0.4, 0.5) is 4.79 Å². The molecule has 3 rings (SSSR count). The van der Waals surface area contributed by atoms with Gasteiger partial charge in [0.15, 0.2) is 0 Å². The first-order valence-corrected chi connectivity index (χ1v) is 15.6. The van der Waals surface area contributed by atoms with Gasteiger partial charge >= 0.3 is 12.1 Å². The molecule has 0 bridgehead atoms. The van der Waals surface area contributed by atoms with Gasteiger partial charge in [0.25, 0.3) is 0 Å². The number of hydrogen-bond acceptors (Lipinski definition) is 8. The molecule has 11 nitrogen and oxygen atoms in total. The van der Waals surface area contributed by atoms with Crippen molar-refractivity contribution in [1.82, 2.24) is 20.9 Å². The first-order chi connectivity index (χ1) is 19.6. The van der Waals surface area contributed by atoms with Gasteiger partial charge in [-0.25, -0.2) is 4.79 Å². The minimum atomic E-state index is -0.952. The van der Waals surface area contributed by atoms with Gasteiger partial charge in [0.05, 0.1) is 37.7 Å². The zero-order valence-electron chi connectivity index (χ0n) is 23.9. The zero-order chi connectivity index (χ0) is 29.9. The maximum Gasteiger partial charge on any atom is 0.415 e. The molecule has 2 aliphatic carbocycles. The number of carbonyl (C=O) groups excluding carboxylic acids is 4. The van der Waals surface area contributed by atoms with Crippen molar-refractivity contribution in [3.05, 3.63) is 11.9 Å². The van der Waals surface area contributed by atoms with E-state index in [4.69, 9.17) is 32.7 Å². The van der Waals surface area contributed by atoms with Gasteiger partial charge in [0.2, 0.25) is 11.8 Å². The van der Waals surface area contributed by atoms with E-state index in [2.05, 4.69) is 16.0 Å². The molecule has 0 aromatic carbocycles. The molecule has 1 heterocycles. The Morgan fingerprint density at radius 3 is 2.56 bits per heavy atom. The maximum absolute atomic E-state index is 13.0. The van der Waals surface area contributed by atoms with E-state index in [-0.39, 0.29) is 48.9 Å². The molecule has 0 saturated heterocycles. The molecule has 0 aromatic heterocycles. The fraction of sp³-hybridized carbons (Fsp3) is 0.786. The third kappa shape index (κ3) is 9.92. The molecular weight excluding hydrogens is 575 g/mol. The Kier molecular flexibility index (Phi) is 13.3. The largest absolute Gasteiger partial charge is 0.466 e. The van der Waals surface area contributed by atoms with Crippen LogP contribution in [0.2, 0.25) is 0 Å². The second-order valence-corrected chi connectivity index (χ2v) is 12.1. The highest BCUT2D eigenvalue weighted by atomic mass is 35.5. The van der Waals surface area contributed by atoms with Gasteiger partial charge in [-0.3, -0.25) is 19.3 Å². The normalized spacial score (nSPS) is 29.0. The first-order valence-electron chi connectivity index (χ1n) is 14.7. The average molecular weight is 620 g/mol. The number of nitrogens with zero attached hydrogens (tertiary/aromatic N) is 1. The molecule has 3 aliphatic rings. The summed E-state index contributed by atoms with van der Waals surface area (Å²) in [5.74, 6) is -1.33. The fourth-order valence-corrected chi connectivity index (χ4v) is 6.77. The van der Waals surface area contributed by atoms with Gasteiger partial charge in [0, 0.05) is 35.8 Å². The number of aliphatic hydroxyl groups excluding tert-OH is 1. The highest BCUT2D eigenvalue weighted by molar-refractivity contribution is 6.24. The number of carbonyl (C=O) groups is 4. The molecule has 0 radical (unpaired) electrons. The number of amides is 3. The number of halogens is 2. The van der Waals surface area contributed by atoms with E-state index >= 15 is 0 Å². The number of esters is 1. The number of alkyl halides is 2. The van der Waals surface area contributed by atoms with Gasteiger partial charge in [-0.1, -0.05) is 6.42 Å². The van der Waals surface area contributed by atoms with E-state index < -0.39 is 35.3 Å². The molecule has 1 aliphatic heterocycles. The Hall–Kier alpha value is -2.24. The lowest BCUT2D eigenvalue weighted by molar-refractivity contribution is -0.144. The van der Waals surface area contributed by atoms with Crippen LogP contribution in [-0.2, 0) is 23.9 Å². The number of nitrogens with one attached hydrogen (secondary N) is 3. The van der Waals surface area contributed by atoms with Gasteiger partial charge in [-0.2, -0.15) is 0 Å². The first kappa shape index (κ1) is 33.3.